The average molecular weight is 616 g/mol. The van der Waals surface area contributed by atoms with Crippen LogP contribution in [0.15, 0.2) is 83.8 Å². The molecule has 0 bridgehead atoms. The maximum atomic E-state index is 13.7. The van der Waals surface area contributed by atoms with Crippen LogP contribution in [0.25, 0.3) is 0 Å². The van der Waals surface area contributed by atoms with E-state index >= 15 is 0 Å². The van der Waals surface area contributed by atoms with Gasteiger partial charge in [0.05, 0.1) is 24.7 Å². The Morgan fingerprint density at radius 1 is 1.00 bits per heavy atom. The standard InChI is InChI=1S/C30H34ClN3O7S/c1-39-18-15-32-30(36)29(24-5-3-2-4-6-24)34(21-23-7-9-25(31)10-8-23)28(35)22-41-26-11-13-27(14-12-26)42(37,38)33-16-19-40-20-17-33/h2-14,29H,15-22H2,1H3,(H,32,36). The van der Waals surface area contributed by atoms with Gasteiger partial charge in [-0.25, -0.2) is 8.42 Å². The molecule has 3 aromatic rings. The molecule has 0 aliphatic carbocycles. The number of rotatable bonds is 13. The molecule has 0 aromatic heterocycles. The van der Waals surface area contributed by atoms with E-state index in [1.54, 1.807) is 55.6 Å². The van der Waals surface area contributed by atoms with Crippen molar-refractivity contribution in [2.75, 3.05) is 53.2 Å². The summed E-state index contributed by atoms with van der Waals surface area (Å²) in [6, 6.07) is 21.0. The molecule has 0 radical (unpaired) electrons. The fourth-order valence-electron chi connectivity index (χ4n) is 4.46. The summed E-state index contributed by atoms with van der Waals surface area (Å²) in [5.74, 6) is -0.486. The van der Waals surface area contributed by atoms with Crippen LogP contribution in [0.1, 0.15) is 17.2 Å². The first kappa shape index (κ1) is 31.5. The van der Waals surface area contributed by atoms with Crippen LogP contribution < -0.4 is 10.1 Å². The first-order valence-electron chi connectivity index (χ1n) is 13.5. The van der Waals surface area contributed by atoms with Gasteiger partial charge in [0.15, 0.2) is 6.61 Å². The van der Waals surface area contributed by atoms with Crippen molar-refractivity contribution in [1.82, 2.24) is 14.5 Å². The summed E-state index contributed by atoms with van der Waals surface area (Å²) in [4.78, 5) is 28.8. The van der Waals surface area contributed by atoms with E-state index in [1.807, 2.05) is 6.07 Å². The monoisotopic (exact) mass is 615 g/mol. The average Bonchev–Trinajstić information content (AvgIpc) is 3.02. The highest BCUT2D eigenvalue weighted by Gasteiger charge is 2.32. The molecule has 0 saturated carbocycles. The number of sulfonamides is 1. The minimum Gasteiger partial charge on any atom is -0.484 e. The second kappa shape index (κ2) is 15.1. The molecule has 1 fully saturated rings. The maximum Gasteiger partial charge on any atom is 0.261 e. The lowest BCUT2D eigenvalue weighted by Gasteiger charge is -2.31. The zero-order valence-corrected chi connectivity index (χ0v) is 24.9. The van der Waals surface area contributed by atoms with Crippen LogP contribution in [0.3, 0.4) is 0 Å². The first-order chi connectivity index (χ1) is 20.3. The number of carbonyl (C=O) groups is 2. The lowest BCUT2D eigenvalue weighted by molar-refractivity contribution is -0.143. The fourth-order valence-corrected chi connectivity index (χ4v) is 6.00. The fraction of sp³-hybridized carbons (Fsp3) is 0.333. The van der Waals surface area contributed by atoms with E-state index in [2.05, 4.69) is 5.32 Å². The van der Waals surface area contributed by atoms with Gasteiger partial charge in [0.2, 0.25) is 15.9 Å². The van der Waals surface area contributed by atoms with Crippen molar-refractivity contribution in [2.45, 2.75) is 17.5 Å². The largest absolute Gasteiger partial charge is 0.484 e. The van der Waals surface area contributed by atoms with Crippen LogP contribution >= 0.6 is 11.6 Å². The third kappa shape index (κ3) is 8.30. The minimum absolute atomic E-state index is 0.118. The number of carbonyl (C=O) groups excluding carboxylic acids is 2. The lowest BCUT2D eigenvalue weighted by Crippen LogP contribution is -2.45. The normalized spacial score (nSPS) is 14.6. The summed E-state index contributed by atoms with van der Waals surface area (Å²) < 4.78 is 43.4. The third-order valence-corrected chi connectivity index (χ3v) is 8.83. The number of methoxy groups -OCH3 is 1. The quantitative estimate of drug-likeness (QED) is 0.294. The summed E-state index contributed by atoms with van der Waals surface area (Å²) in [5, 5.41) is 3.40. The Morgan fingerprint density at radius 3 is 2.31 bits per heavy atom. The molecule has 1 aliphatic rings. The van der Waals surface area contributed by atoms with Crippen LogP contribution in [-0.4, -0.2) is 82.6 Å². The first-order valence-corrected chi connectivity index (χ1v) is 15.3. The number of amides is 2. The van der Waals surface area contributed by atoms with E-state index in [1.165, 1.54) is 33.5 Å². The molecule has 1 aliphatic heterocycles. The molecule has 224 valence electrons. The number of benzene rings is 3. The topological polar surface area (TPSA) is 114 Å². The van der Waals surface area contributed by atoms with E-state index < -0.39 is 22.0 Å². The lowest BCUT2D eigenvalue weighted by atomic mass is 10.0. The molecule has 1 N–H and O–H groups in total. The third-order valence-electron chi connectivity index (χ3n) is 6.66. The molecule has 4 rings (SSSR count). The van der Waals surface area contributed by atoms with Gasteiger partial charge in [-0.2, -0.15) is 4.31 Å². The molecule has 1 atom stereocenters. The van der Waals surface area contributed by atoms with E-state index in [4.69, 9.17) is 25.8 Å². The SMILES string of the molecule is COCCNC(=O)C(c1ccccc1)N(Cc1ccc(Cl)cc1)C(=O)COc1ccc(S(=O)(=O)N2CCOCC2)cc1. The van der Waals surface area contributed by atoms with Crippen molar-refractivity contribution in [3.05, 3.63) is 95.0 Å². The summed E-state index contributed by atoms with van der Waals surface area (Å²) in [7, 11) is -2.12. The molecule has 10 nitrogen and oxygen atoms in total. The second-order valence-electron chi connectivity index (χ2n) is 9.52. The van der Waals surface area contributed by atoms with Crippen molar-refractivity contribution < 1.29 is 32.2 Å². The van der Waals surface area contributed by atoms with E-state index in [-0.39, 0.29) is 30.5 Å². The second-order valence-corrected chi connectivity index (χ2v) is 11.9. The molecule has 2 amide bonds. The Balaban J connectivity index is 1.54. The Labute approximate surface area is 251 Å². The zero-order valence-electron chi connectivity index (χ0n) is 23.3. The van der Waals surface area contributed by atoms with Gasteiger partial charge in [-0.05, 0) is 47.5 Å². The van der Waals surface area contributed by atoms with Crippen LogP contribution in [0.2, 0.25) is 5.02 Å². The molecule has 1 heterocycles. The summed E-state index contributed by atoms with van der Waals surface area (Å²) >= 11 is 6.07. The molecule has 1 unspecified atom stereocenters. The summed E-state index contributed by atoms with van der Waals surface area (Å²) in [5.41, 5.74) is 1.41. The Kier molecular flexibility index (Phi) is 11.3. The van der Waals surface area contributed by atoms with Crippen molar-refractivity contribution in [2.24, 2.45) is 0 Å². The van der Waals surface area contributed by atoms with Crippen LogP contribution in [0.4, 0.5) is 0 Å². The van der Waals surface area contributed by atoms with Gasteiger partial charge in [-0.1, -0.05) is 54.1 Å². The molecular weight excluding hydrogens is 582 g/mol. The summed E-state index contributed by atoms with van der Waals surface area (Å²) in [6.45, 7) is 1.62. The van der Waals surface area contributed by atoms with Gasteiger partial charge >= 0.3 is 0 Å². The van der Waals surface area contributed by atoms with Crippen molar-refractivity contribution >= 4 is 33.4 Å². The van der Waals surface area contributed by atoms with Gasteiger partial charge in [0, 0.05) is 38.3 Å². The van der Waals surface area contributed by atoms with E-state index in [0.717, 1.165) is 5.56 Å². The van der Waals surface area contributed by atoms with Gasteiger partial charge < -0.3 is 24.4 Å². The van der Waals surface area contributed by atoms with Gasteiger partial charge in [-0.3, -0.25) is 9.59 Å². The summed E-state index contributed by atoms with van der Waals surface area (Å²) in [6.07, 6.45) is 0. The van der Waals surface area contributed by atoms with Crippen molar-refractivity contribution in [3.63, 3.8) is 0 Å². The number of nitrogens with zero attached hydrogens (tertiary/aromatic N) is 2. The highest BCUT2D eigenvalue weighted by molar-refractivity contribution is 7.89. The molecular formula is C30H34ClN3O7S. The number of ether oxygens (including phenoxy) is 3. The van der Waals surface area contributed by atoms with Crippen LogP contribution in [0.5, 0.6) is 5.75 Å². The van der Waals surface area contributed by atoms with Crippen LogP contribution in [0, 0.1) is 0 Å². The Morgan fingerprint density at radius 2 is 1.67 bits per heavy atom. The predicted molar refractivity (Wildman–Crippen MR) is 158 cm³/mol. The Bertz CT molecular complexity index is 1420. The number of morpholine rings is 1. The predicted octanol–water partition coefficient (Wildman–Crippen LogP) is 3.27. The molecule has 3 aromatic carbocycles. The molecule has 42 heavy (non-hydrogen) atoms. The van der Waals surface area contributed by atoms with E-state index in [9.17, 15) is 18.0 Å². The molecule has 1 saturated heterocycles. The van der Waals surface area contributed by atoms with Crippen molar-refractivity contribution in [3.8, 4) is 5.75 Å². The number of hydrogen-bond acceptors (Lipinski definition) is 7. The van der Waals surface area contributed by atoms with Gasteiger partial charge in [-0.15, -0.1) is 0 Å². The van der Waals surface area contributed by atoms with Gasteiger partial charge in [0.1, 0.15) is 11.8 Å². The van der Waals surface area contributed by atoms with Crippen molar-refractivity contribution in [1.29, 1.82) is 0 Å². The maximum absolute atomic E-state index is 13.7. The van der Waals surface area contributed by atoms with Gasteiger partial charge in [0.25, 0.3) is 5.91 Å². The van der Waals surface area contributed by atoms with E-state index in [0.29, 0.717) is 49.2 Å². The smallest absolute Gasteiger partial charge is 0.261 e. The zero-order chi connectivity index (χ0) is 30.0. The number of halogens is 1. The molecule has 0 spiro atoms. The Hall–Kier alpha value is -3.48. The molecule has 12 heteroatoms. The number of hydrogen-bond donors (Lipinski definition) is 1. The number of nitrogens with one attached hydrogen (secondary N) is 1. The minimum atomic E-state index is -3.66. The highest BCUT2D eigenvalue weighted by atomic mass is 35.5. The van der Waals surface area contributed by atoms with Crippen LogP contribution in [-0.2, 0) is 35.6 Å². The highest BCUT2D eigenvalue weighted by Crippen LogP contribution is 2.26.